The Labute approximate surface area is 126 Å². The molecule has 0 aliphatic carbocycles. The van der Waals surface area contributed by atoms with E-state index in [2.05, 4.69) is 18.3 Å². The number of rotatable bonds is 8. The normalized spacial score (nSPS) is 14.9. The van der Waals surface area contributed by atoms with Crippen LogP contribution in [-0.2, 0) is 0 Å². The van der Waals surface area contributed by atoms with Crippen LogP contribution in [0.3, 0.4) is 0 Å². The minimum atomic E-state index is -0.653. The van der Waals surface area contributed by atoms with Crippen LogP contribution in [0.1, 0.15) is 19.4 Å². The van der Waals surface area contributed by atoms with Gasteiger partial charge in [0.2, 0.25) is 0 Å². The largest absolute Gasteiger partial charge is 0.497 e. The summed E-state index contributed by atoms with van der Waals surface area (Å²) in [4.78, 5) is 0. The average molecular weight is 295 g/mol. The van der Waals surface area contributed by atoms with Gasteiger partial charge < -0.3 is 15.2 Å². The number of nitrogens with one attached hydrogen (secondary N) is 1. The Morgan fingerprint density at radius 2 is 2.05 bits per heavy atom. The first-order chi connectivity index (χ1) is 9.46. The highest BCUT2D eigenvalue weighted by Gasteiger charge is 2.18. The number of benzene rings is 1. The fourth-order valence-corrected chi connectivity index (χ4v) is 2.65. The zero-order valence-corrected chi connectivity index (χ0v) is 13.6. The second-order valence-corrected chi connectivity index (χ2v) is 6.16. The molecule has 4 heteroatoms. The van der Waals surface area contributed by atoms with Crippen molar-refractivity contribution in [1.82, 2.24) is 5.32 Å². The number of methoxy groups -OCH3 is 1. The molecule has 1 aromatic carbocycles. The fraction of sp³-hybridized carbons (Fsp3) is 0.500. The average Bonchev–Trinajstić information content (AvgIpc) is 2.39. The van der Waals surface area contributed by atoms with Crippen LogP contribution in [0.25, 0.3) is 6.08 Å². The van der Waals surface area contributed by atoms with E-state index in [1.807, 2.05) is 37.4 Å². The van der Waals surface area contributed by atoms with Crippen molar-refractivity contribution in [2.45, 2.75) is 19.4 Å². The van der Waals surface area contributed by atoms with Crippen molar-refractivity contribution in [3.8, 4) is 5.75 Å². The fourth-order valence-electron chi connectivity index (χ4n) is 1.93. The number of hydrogen-bond donors (Lipinski definition) is 2. The van der Waals surface area contributed by atoms with Gasteiger partial charge in [0.25, 0.3) is 0 Å². The summed E-state index contributed by atoms with van der Waals surface area (Å²) in [5.74, 6) is 1.60. The van der Waals surface area contributed by atoms with E-state index < -0.39 is 5.60 Å². The summed E-state index contributed by atoms with van der Waals surface area (Å²) in [7, 11) is 1.67. The SMILES string of the molecule is COc1ccc(/C=C(/C)CNCC(C)(O)CSC)cc1. The van der Waals surface area contributed by atoms with Crippen LogP contribution in [0.2, 0.25) is 0 Å². The molecule has 0 bridgehead atoms. The second kappa shape index (κ2) is 8.35. The first-order valence-electron chi connectivity index (χ1n) is 6.70. The van der Waals surface area contributed by atoms with Crippen LogP contribution in [0.5, 0.6) is 5.75 Å². The maximum absolute atomic E-state index is 10.1. The molecule has 1 unspecified atom stereocenters. The molecule has 3 nitrogen and oxygen atoms in total. The van der Waals surface area contributed by atoms with Crippen molar-refractivity contribution in [1.29, 1.82) is 0 Å². The molecule has 0 spiro atoms. The van der Waals surface area contributed by atoms with E-state index in [-0.39, 0.29) is 0 Å². The van der Waals surface area contributed by atoms with Crippen LogP contribution in [-0.4, -0.2) is 42.9 Å². The smallest absolute Gasteiger partial charge is 0.118 e. The maximum Gasteiger partial charge on any atom is 0.118 e. The predicted octanol–water partition coefficient (Wildman–Crippen LogP) is 2.80. The van der Waals surface area contributed by atoms with E-state index >= 15 is 0 Å². The highest BCUT2D eigenvalue weighted by Crippen LogP contribution is 2.14. The lowest BCUT2D eigenvalue weighted by Gasteiger charge is -2.22. The zero-order chi connectivity index (χ0) is 15.0. The number of ether oxygens (including phenoxy) is 1. The van der Waals surface area contributed by atoms with Gasteiger partial charge in [0.15, 0.2) is 0 Å². The van der Waals surface area contributed by atoms with Crippen LogP contribution in [0.4, 0.5) is 0 Å². The molecule has 0 aliphatic heterocycles. The first-order valence-corrected chi connectivity index (χ1v) is 8.09. The highest BCUT2D eigenvalue weighted by molar-refractivity contribution is 7.98. The quantitative estimate of drug-likeness (QED) is 0.774. The summed E-state index contributed by atoms with van der Waals surface area (Å²) >= 11 is 1.66. The summed E-state index contributed by atoms with van der Waals surface area (Å²) in [6.07, 6.45) is 4.14. The van der Waals surface area contributed by atoms with Crippen molar-refractivity contribution in [2.24, 2.45) is 0 Å². The number of aliphatic hydroxyl groups is 1. The van der Waals surface area contributed by atoms with Crippen LogP contribution < -0.4 is 10.1 Å². The monoisotopic (exact) mass is 295 g/mol. The topological polar surface area (TPSA) is 41.5 Å². The Hall–Kier alpha value is -0.970. The van der Waals surface area contributed by atoms with Gasteiger partial charge >= 0.3 is 0 Å². The molecule has 2 N–H and O–H groups in total. The van der Waals surface area contributed by atoms with Gasteiger partial charge in [0.1, 0.15) is 5.75 Å². The van der Waals surface area contributed by atoms with Crippen molar-refractivity contribution < 1.29 is 9.84 Å². The minimum absolute atomic E-state index is 0.599. The lowest BCUT2D eigenvalue weighted by molar-refractivity contribution is 0.0859. The second-order valence-electron chi connectivity index (χ2n) is 5.30. The summed E-state index contributed by atoms with van der Waals surface area (Å²) in [5, 5.41) is 13.4. The van der Waals surface area contributed by atoms with E-state index in [0.29, 0.717) is 6.54 Å². The van der Waals surface area contributed by atoms with Crippen molar-refractivity contribution >= 4 is 17.8 Å². The van der Waals surface area contributed by atoms with E-state index in [0.717, 1.165) is 23.6 Å². The van der Waals surface area contributed by atoms with Crippen molar-refractivity contribution in [3.63, 3.8) is 0 Å². The van der Waals surface area contributed by atoms with E-state index in [9.17, 15) is 5.11 Å². The summed E-state index contributed by atoms with van der Waals surface area (Å²) in [5.41, 5.74) is 1.73. The molecule has 0 saturated carbocycles. The number of thioether (sulfide) groups is 1. The van der Waals surface area contributed by atoms with Gasteiger partial charge in [-0.05, 0) is 37.8 Å². The molecule has 0 amide bonds. The third kappa shape index (κ3) is 6.46. The van der Waals surface area contributed by atoms with E-state index in [1.54, 1.807) is 18.9 Å². The molecule has 0 heterocycles. The zero-order valence-electron chi connectivity index (χ0n) is 12.8. The van der Waals surface area contributed by atoms with Gasteiger partial charge in [0.05, 0.1) is 12.7 Å². The summed E-state index contributed by atoms with van der Waals surface area (Å²) in [6.45, 7) is 5.32. The third-order valence-electron chi connectivity index (χ3n) is 2.89. The summed E-state index contributed by atoms with van der Waals surface area (Å²) in [6, 6.07) is 7.98. The van der Waals surface area contributed by atoms with Gasteiger partial charge in [-0.15, -0.1) is 0 Å². The van der Waals surface area contributed by atoms with Crippen molar-refractivity contribution in [3.05, 3.63) is 35.4 Å². The maximum atomic E-state index is 10.1. The van der Waals surface area contributed by atoms with Crippen LogP contribution >= 0.6 is 11.8 Å². The molecule has 1 atom stereocenters. The van der Waals surface area contributed by atoms with Gasteiger partial charge in [-0.25, -0.2) is 0 Å². The molecule has 1 rings (SSSR count). The number of hydrogen-bond acceptors (Lipinski definition) is 4. The molecular weight excluding hydrogens is 270 g/mol. The van der Waals surface area contributed by atoms with E-state index in [1.165, 1.54) is 5.57 Å². The Morgan fingerprint density at radius 1 is 1.40 bits per heavy atom. The molecule has 0 fully saturated rings. The molecule has 0 aromatic heterocycles. The molecule has 0 radical (unpaired) electrons. The molecule has 112 valence electrons. The Kier molecular flexibility index (Phi) is 7.13. The first kappa shape index (κ1) is 17.1. The highest BCUT2D eigenvalue weighted by atomic mass is 32.2. The van der Waals surface area contributed by atoms with Gasteiger partial charge in [-0.2, -0.15) is 11.8 Å². The minimum Gasteiger partial charge on any atom is -0.497 e. The Balaban J connectivity index is 2.45. The van der Waals surface area contributed by atoms with Gasteiger partial charge in [-0.3, -0.25) is 0 Å². The Morgan fingerprint density at radius 3 is 2.60 bits per heavy atom. The van der Waals surface area contributed by atoms with Gasteiger partial charge in [0, 0.05) is 18.8 Å². The van der Waals surface area contributed by atoms with Crippen molar-refractivity contribution in [2.75, 3.05) is 32.2 Å². The van der Waals surface area contributed by atoms with Crippen LogP contribution in [0.15, 0.2) is 29.8 Å². The Bertz CT molecular complexity index is 427. The standard InChI is InChI=1S/C16H25NO2S/c1-13(10-17-11-16(2,18)12-20-4)9-14-5-7-15(19-3)8-6-14/h5-9,17-18H,10-12H2,1-4H3/b13-9-. The van der Waals surface area contributed by atoms with E-state index in [4.69, 9.17) is 4.74 Å². The summed E-state index contributed by atoms with van der Waals surface area (Å²) < 4.78 is 5.14. The van der Waals surface area contributed by atoms with Gasteiger partial charge in [-0.1, -0.05) is 23.8 Å². The lowest BCUT2D eigenvalue weighted by Crippen LogP contribution is -2.40. The molecule has 20 heavy (non-hydrogen) atoms. The third-order valence-corrected chi connectivity index (χ3v) is 3.80. The molecule has 0 saturated heterocycles. The lowest BCUT2D eigenvalue weighted by atomic mass is 10.1. The molecular formula is C16H25NO2S. The molecule has 1 aromatic rings. The predicted molar refractivity (Wildman–Crippen MR) is 88.5 cm³/mol. The molecule has 0 aliphatic rings. The van der Waals surface area contributed by atoms with Crippen LogP contribution in [0, 0.1) is 0 Å².